The van der Waals surface area contributed by atoms with Gasteiger partial charge in [-0.2, -0.15) is 0 Å². The van der Waals surface area contributed by atoms with Gasteiger partial charge in [0.1, 0.15) is 6.04 Å². The highest BCUT2D eigenvalue weighted by Crippen LogP contribution is 2.34. The lowest BCUT2D eigenvalue weighted by molar-refractivity contribution is -0.149. The average molecular weight is 300 g/mol. The van der Waals surface area contributed by atoms with E-state index in [-0.39, 0.29) is 23.7 Å². The van der Waals surface area contributed by atoms with Crippen LogP contribution in [-0.2, 0) is 9.59 Å². The summed E-state index contributed by atoms with van der Waals surface area (Å²) in [5, 5.41) is 12.5. The van der Waals surface area contributed by atoms with Gasteiger partial charge in [0.15, 0.2) is 0 Å². The zero-order chi connectivity index (χ0) is 14.7. The smallest absolute Gasteiger partial charge is 0.327 e. The van der Waals surface area contributed by atoms with Crippen molar-refractivity contribution in [2.45, 2.75) is 57.0 Å². The molecule has 2 atom stereocenters. The summed E-state index contributed by atoms with van der Waals surface area (Å²) in [6.45, 7) is 4.33. The second kappa shape index (κ2) is 6.80. The van der Waals surface area contributed by atoms with Crippen molar-refractivity contribution in [1.82, 2.24) is 10.2 Å². The summed E-state index contributed by atoms with van der Waals surface area (Å²) >= 11 is 1.58. The number of nitrogens with one attached hydrogen (secondary N) is 1. The molecule has 2 aliphatic rings. The second-order valence-electron chi connectivity index (χ2n) is 5.99. The molecule has 1 heterocycles. The number of carbonyl (C=O) groups is 2. The molecule has 1 aliphatic heterocycles. The van der Waals surface area contributed by atoms with E-state index in [9.17, 15) is 14.7 Å². The summed E-state index contributed by atoms with van der Waals surface area (Å²) in [7, 11) is 0. The van der Waals surface area contributed by atoms with Crippen molar-refractivity contribution in [3.8, 4) is 0 Å². The van der Waals surface area contributed by atoms with Gasteiger partial charge in [0.25, 0.3) is 0 Å². The maximum Gasteiger partial charge on any atom is 0.327 e. The minimum Gasteiger partial charge on any atom is -0.480 e. The van der Waals surface area contributed by atoms with E-state index in [4.69, 9.17) is 0 Å². The number of nitrogens with zero attached hydrogens (tertiary/aromatic N) is 1. The number of hydrogen-bond donors (Lipinski definition) is 2. The Morgan fingerprint density at radius 1 is 1.35 bits per heavy atom. The summed E-state index contributed by atoms with van der Waals surface area (Å²) in [5.41, 5.74) is 0. The van der Waals surface area contributed by atoms with Crippen LogP contribution in [-0.4, -0.2) is 51.6 Å². The molecule has 0 aromatic carbocycles. The van der Waals surface area contributed by atoms with Crippen molar-refractivity contribution < 1.29 is 14.7 Å². The zero-order valence-electron chi connectivity index (χ0n) is 12.2. The van der Waals surface area contributed by atoms with Crippen molar-refractivity contribution in [3.63, 3.8) is 0 Å². The van der Waals surface area contributed by atoms with Crippen LogP contribution in [0.5, 0.6) is 0 Å². The van der Waals surface area contributed by atoms with Gasteiger partial charge in [0.05, 0.1) is 11.9 Å². The topological polar surface area (TPSA) is 69.6 Å². The van der Waals surface area contributed by atoms with Crippen LogP contribution >= 0.6 is 11.8 Å². The normalized spacial score (nSPS) is 27.4. The summed E-state index contributed by atoms with van der Waals surface area (Å²) < 4.78 is 0. The lowest BCUT2D eigenvalue weighted by Crippen LogP contribution is -2.50. The van der Waals surface area contributed by atoms with Crippen molar-refractivity contribution in [2.24, 2.45) is 5.92 Å². The van der Waals surface area contributed by atoms with E-state index in [2.05, 4.69) is 5.32 Å². The molecule has 0 bridgehead atoms. The molecule has 2 rings (SSSR count). The van der Waals surface area contributed by atoms with Gasteiger partial charge in [0, 0.05) is 11.8 Å². The first-order valence-electron chi connectivity index (χ1n) is 7.39. The predicted molar refractivity (Wildman–Crippen MR) is 79.6 cm³/mol. The van der Waals surface area contributed by atoms with E-state index < -0.39 is 12.0 Å². The molecule has 1 saturated carbocycles. The average Bonchev–Trinajstić information content (AvgIpc) is 3.04. The van der Waals surface area contributed by atoms with Gasteiger partial charge in [0.2, 0.25) is 5.91 Å². The Balaban J connectivity index is 1.96. The van der Waals surface area contributed by atoms with E-state index >= 15 is 0 Å². The Morgan fingerprint density at radius 2 is 2.00 bits per heavy atom. The Morgan fingerprint density at radius 3 is 2.55 bits per heavy atom. The highest BCUT2D eigenvalue weighted by molar-refractivity contribution is 8.00. The van der Waals surface area contributed by atoms with Crippen molar-refractivity contribution in [2.75, 3.05) is 12.3 Å². The summed E-state index contributed by atoms with van der Waals surface area (Å²) in [4.78, 5) is 25.3. The first-order valence-corrected chi connectivity index (χ1v) is 8.44. The van der Waals surface area contributed by atoms with Gasteiger partial charge in [-0.1, -0.05) is 26.7 Å². The lowest BCUT2D eigenvalue weighted by atomic mass is 10.1. The molecule has 0 aromatic rings. The van der Waals surface area contributed by atoms with Crippen LogP contribution in [0.2, 0.25) is 0 Å². The predicted octanol–water partition coefficient (Wildman–Crippen LogP) is 1.53. The first-order chi connectivity index (χ1) is 9.50. The number of hydrogen-bond acceptors (Lipinski definition) is 4. The number of carboxylic acids is 1. The highest BCUT2D eigenvalue weighted by Gasteiger charge is 2.42. The van der Waals surface area contributed by atoms with Crippen LogP contribution < -0.4 is 5.32 Å². The van der Waals surface area contributed by atoms with Gasteiger partial charge < -0.3 is 15.3 Å². The summed E-state index contributed by atoms with van der Waals surface area (Å²) in [6.07, 6.45) is 4.69. The van der Waals surface area contributed by atoms with Crippen molar-refractivity contribution >= 4 is 23.6 Å². The second-order valence-corrected chi connectivity index (χ2v) is 7.13. The molecule has 2 fully saturated rings. The van der Waals surface area contributed by atoms with Crippen molar-refractivity contribution in [3.05, 3.63) is 0 Å². The number of carbonyl (C=O) groups excluding carboxylic acids is 1. The molecule has 20 heavy (non-hydrogen) atoms. The van der Waals surface area contributed by atoms with E-state index in [0.29, 0.717) is 11.8 Å². The number of rotatable bonds is 5. The maximum absolute atomic E-state index is 12.4. The quantitative estimate of drug-likeness (QED) is 0.806. The summed E-state index contributed by atoms with van der Waals surface area (Å²) in [6, 6.07) is -0.250. The van der Waals surface area contributed by atoms with Crippen LogP contribution in [0, 0.1) is 5.92 Å². The number of amides is 1. The SMILES string of the molecule is CC(C)C1SCC(C(=O)O)N1C(=O)CNC1CCCC1. The Hall–Kier alpha value is -0.750. The van der Waals surface area contributed by atoms with Gasteiger partial charge >= 0.3 is 5.97 Å². The molecule has 1 saturated heterocycles. The summed E-state index contributed by atoms with van der Waals surface area (Å²) in [5.74, 6) is -0.212. The monoisotopic (exact) mass is 300 g/mol. The largest absolute Gasteiger partial charge is 0.480 e. The fraction of sp³-hybridized carbons (Fsp3) is 0.857. The fourth-order valence-electron chi connectivity index (χ4n) is 3.00. The molecule has 2 N–H and O–H groups in total. The molecule has 0 aromatic heterocycles. The molecule has 6 heteroatoms. The highest BCUT2D eigenvalue weighted by atomic mass is 32.2. The Kier molecular flexibility index (Phi) is 5.32. The molecule has 2 unspecified atom stereocenters. The van der Waals surface area contributed by atoms with Gasteiger partial charge in [-0.3, -0.25) is 4.79 Å². The van der Waals surface area contributed by atoms with E-state index in [1.54, 1.807) is 16.7 Å². The van der Waals surface area contributed by atoms with Crippen LogP contribution in [0.1, 0.15) is 39.5 Å². The third-order valence-electron chi connectivity index (χ3n) is 4.08. The number of thioether (sulfide) groups is 1. The van der Waals surface area contributed by atoms with Gasteiger partial charge in [-0.25, -0.2) is 4.79 Å². The third-order valence-corrected chi connectivity index (χ3v) is 5.70. The molecule has 5 nitrogen and oxygen atoms in total. The Bertz CT molecular complexity index is 369. The van der Waals surface area contributed by atoms with E-state index in [0.717, 1.165) is 12.8 Å². The lowest BCUT2D eigenvalue weighted by Gasteiger charge is -2.30. The first kappa shape index (κ1) is 15.6. The molecule has 0 spiro atoms. The fourth-order valence-corrected chi connectivity index (χ4v) is 4.49. The van der Waals surface area contributed by atoms with Crippen LogP contribution in [0.15, 0.2) is 0 Å². The number of aliphatic carboxylic acids is 1. The minimum atomic E-state index is -0.894. The molecule has 114 valence electrons. The maximum atomic E-state index is 12.4. The van der Waals surface area contributed by atoms with Crippen LogP contribution in [0.3, 0.4) is 0 Å². The Labute approximate surface area is 124 Å². The molecule has 1 amide bonds. The van der Waals surface area contributed by atoms with Gasteiger partial charge in [-0.05, 0) is 18.8 Å². The molecular weight excluding hydrogens is 276 g/mol. The third kappa shape index (κ3) is 3.47. The van der Waals surface area contributed by atoms with E-state index in [1.807, 2.05) is 13.8 Å². The van der Waals surface area contributed by atoms with Crippen LogP contribution in [0.25, 0.3) is 0 Å². The molecule has 1 aliphatic carbocycles. The van der Waals surface area contributed by atoms with Crippen LogP contribution in [0.4, 0.5) is 0 Å². The molecule has 0 radical (unpaired) electrons. The zero-order valence-corrected chi connectivity index (χ0v) is 13.0. The standard InChI is InChI=1S/C14H24N2O3S/c1-9(2)13-16(11(8-20-13)14(18)19)12(17)7-15-10-5-3-4-6-10/h9-11,13,15H,3-8H2,1-2H3,(H,18,19). The van der Waals surface area contributed by atoms with Gasteiger partial charge in [-0.15, -0.1) is 11.8 Å². The van der Waals surface area contributed by atoms with E-state index in [1.165, 1.54) is 12.8 Å². The number of carboxylic acid groups (broad SMARTS) is 1. The van der Waals surface area contributed by atoms with Crippen molar-refractivity contribution in [1.29, 1.82) is 0 Å². The minimum absolute atomic E-state index is 0.0195. The molecular formula is C14H24N2O3S.